The lowest BCUT2D eigenvalue weighted by Crippen LogP contribution is -2.22. The van der Waals surface area contributed by atoms with Crippen LogP contribution in [0.4, 0.5) is 0 Å². The van der Waals surface area contributed by atoms with Gasteiger partial charge in [0.05, 0.1) is 17.2 Å². The third-order valence-electron chi connectivity index (χ3n) is 3.19. The largest absolute Gasteiger partial charge is 0.479 e. The van der Waals surface area contributed by atoms with Gasteiger partial charge in [-0.3, -0.25) is 0 Å². The molecule has 0 radical (unpaired) electrons. The van der Waals surface area contributed by atoms with E-state index in [2.05, 4.69) is 9.97 Å². The summed E-state index contributed by atoms with van der Waals surface area (Å²) in [5.41, 5.74) is 1.35. The summed E-state index contributed by atoms with van der Waals surface area (Å²) in [7, 11) is 0. The van der Waals surface area contributed by atoms with Crippen LogP contribution in [0.5, 0.6) is 17.4 Å². The molecule has 1 atom stereocenters. The highest BCUT2D eigenvalue weighted by atomic mass is 35.5. The Morgan fingerprint density at radius 3 is 2.54 bits per heavy atom. The molecule has 0 unspecified atom stereocenters. The normalized spacial score (nSPS) is 11.9. The zero-order valence-electron chi connectivity index (χ0n) is 12.6. The minimum absolute atomic E-state index is 0.345. The number of ether oxygens (including phenoxy) is 2. The van der Waals surface area contributed by atoms with Crippen molar-refractivity contribution in [3.63, 3.8) is 0 Å². The first-order valence-corrected chi connectivity index (χ1v) is 7.49. The molecule has 0 aliphatic rings. The fraction of sp³-hybridized carbons (Fsp3) is 0.118. The number of fused-ring (bicyclic) bond motifs is 1. The molecule has 0 aliphatic carbocycles. The SMILES string of the molecule is C[C@@H](Oc1ccc(Oc2cnc3cc(Cl)ccc3n2)cc1)C(=O)O. The number of aliphatic carboxylic acids is 1. The lowest BCUT2D eigenvalue weighted by atomic mass is 10.3. The molecule has 2 aromatic carbocycles. The number of benzene rings is 2. The van der Waals surface area contributed by atoms with Crippen LogP contribution in [0.1, 0.15) is 6.92 Å². The van der Waals surface area contributed by atoms with E-state index in [0.29, 0.717) is 33.4 Å². The Morgan fingerprint density at radius 2 is 1.83 bits per heavy atom. The Balaban J connectivity index is 1.74. The van der Waals surface area contributed by atoms with E-state index < -0.39 is 12.1 Å². The Bertz CT molecular complexity index is 883. The molecule has 1 aromatic heterocycles. The third kappa shape index (κ3) is 3.72. The maximum Gasteiger partial charge on any atom is 0.344 e. The average Bonchev–Trinajstić information content (AvgIpc) is 2.56. The van der Waals surface area contributed by atoms with Crippen LogP contribution in [0.3, 0.4) is 0 Å². The molecule has 0 fully saturated rings. The molecular weight excluding hydrogens is 332 g/mol. The molecule has 7 heteroatoms. The van der Waals surface area contributed by atoms with Gasteiger partial charge >= 0.3 is 5.97 Å². The molecule has 0 spiro atoms. The maximum absolute atomic E-state index is 10.8. The first kappa shape index (κ1) is 16.0. The standard InChI is InChI=1S/C17H13ClN2O4/c1-10(17(21)22)23-12-3-5-13(6-4-12)24-16-9-19-15-8-11(18)2-7-14(15)20-16/h2-10H,1H3,(H,21,22)/t10-/m1/s1. The van der Waals surface area contributed by atoms with E-state index in [1.165, 1.54) is 13.1 Å². The smallest absolute Gasteiger partial charge is 0.344 e. The van der Waals surface area contributed by atoms with Gasteiger partial charge < -0.3 is 14.6 Å². The summed E-state index contributed by atoms with van der Waals surface area (Å²) >= 11 is 5.91. The highest BCUT2D eigenvalue weighted by Crippen LogP contribution is 2.24. The highest BCUT2D eigenvalue weighted by Gasteiger charge is 2.12. The molecule has 122 valence electrons. The Labute approximate surface area is 142 Å². The number of hydrogen-bond donors (Lipinski definition) is 1. The van der Waals surface area contributed by atoms with E-state index in [-0.39, 0.29) is 0 Å². The lowest BCUT2D eigenvalue weighted by Gasteiger charge is -2.11. The summed E-state index contributed by atoms with van der Waals surface area (Å²) in [4.78, 5) is 19.4. The van der Waals surface area contributed by atoms with Crippen molar-refractivity contribution in [2.75, 3.05) is 0 Å². The van der Waals surface area contributed by atoms with Gasteiger partial charge in [0.1, 0.15) is 11.5 Å². The Hall–Kier alpha value is -2.86. The van der Waals surface area contributed by atoms with Crippen molar-refractivity contribution in [1.82, 2.24) is 9.97 Å². The molecule has 3 rings (SSSR count). The monoisotopic (exact) mass is 344 g/mol. The van der Waals surface area contributed by atoms with Gasteiger partial charge in [0, 0.05) is 5.02 Å². The molecule has 0 saturated carbocycles. The number of hydrogen-bond acceptors (Lipinski definition) is 5. The van der Waals surface area contributed by atoms with Crippen molar-refractivity contribution < 1.29 is 19.4 Å². The second-order valence-corrected chi connectivity index (χ2v) is 5.45. The fourth-order valence-electron chi connectivity index (χ4n) is 1.98. The molecule has 24 heavy (non-hydrogen) atoms. The number of halogens is 1. The molecule has 0 bridgehead atoms. The van der Waals surface area contributed by atoms with Crippen molar-refractivity contribution >= 4 is 28.6 Å². The summed E-state index contributed by atoms with van der Waals surface area (Å²) in [5, 5.41) is 9.42. The van der Waals surface area contributed by atoms with E-state index >= 15 is 0 Å². The first-order valence-electron chi connectivity index (χ1n) is 7.11. The van der Waals surface area contributed by atoms with Crippen LogP contribution in [0.15, 0.2) is 48.7 Å². The van der Waals surface area contributed by atoms with Gasteiger partial charge in [-0.1, -0.05) is 11.6 Å². The number of aromatic nitrogens is 2. The van der Waals surface area contributed by atoms with Gasteiger partial charge in [-0.15, -0.1) is 0 Å². The van der Waals surface area contributed by atoms with E-state index in [0.717, 1.165) is 0 Å². The minimum atomic E-state index is -1.03. The van der Waals surface area contributed by atoms with Crippen LogP contribution < -0.4 is 9.47 Å². The second-order valence-electron chi connectivity index (χ2n) is 5.01. The van der Waals surface area contributed by atoms with Crippen molar-refractivity contribution in [2.45, 2.75) is 13.0 Å². The zero-order chi connectivity index (χ0) is 17.1. The van der Waals surface area contributed by atoms with E-state index in [1.54, 1.807) is 42.5 Å². The van der Waals surface area contributed by atoms with E-state index in [4.69, 9.17) is 26.2 Å². The number of rotatable bonds is 5. The fourth-order valence-corrected chi connectivity index (χ4v) is 2.14. The summed E-state index contributed by atoms with van der Waals surface area (Å²) in [5.74, 6) is 0.295. The van der Waals surface area contributed by atoms with Gasteiger partial charge in [0.25, 0.3) is 0 Å². The molecule has 0 aliphatic heterocycles. The van der Waals surface area contributed by atoms with E-state index in [1.807, 2.05) is 0 Å². The van der Waals surface area contributed by atoms with Gasteiger partial charge in [-0.05, 0) is 49.4 Å². The topological polar surface area (TPSA) is 81.5 Å². The molecule has 0 amide bonds. The molecule has 1 N–H and O–H groups in total. The van der Waals surface area contributed by atoms with Gasteiger partial charge in [0.15, 0.2) is 6.10 Å². The predicted octanol–water partition coefficient (Wildman–Crippen LogP) is 3.93. The quantitative estimate of drug-likeness (QED) is 0.755. The van der Waals surface area contributed by atoms with Crippen molar-refractivity contribution in [3.8, 4) is 17.4 Å². The number of carboxylic acids is 1. The van der Waals surface area contributed by atoms with Crippen LogP contribution in [-0.2, 0) is 4.79 Å². The molecular formula is C17H13ClN2O4. The predicted molar refractivity (Wildman–Crippen MR) is 88.8 cm³/mol. The van der Waals surface area contributed by atoms with E-state index in [9.17, 15) is 4.79 Å². The van der Waals surface area contributed by atoms with Crippen molar-refractivity contribution in [3.05, 3.63) is 53.7 Å². The van der Waals surface area contributed by atoms with Crippen LogP contribution >= 0.6 is 11.6 Å². The molecule has 3 aromatic rings. The van der Waals surface area contributed by atoms with Crippen LogP contribution in [0.2, 0.25) is 5.02 Å². The van der Waals surface area contributed by atoms with Gasteiger partial charge in [0.2, 0.25) is 5.88 Å². The lowest BCUT2D eigenvalue weighted by molar-refractivity contribution is -0.144. The summed E-state index contributed by atoms with van der Waals surface area (Å²) < 4.78 is 10.9. The first-order chi connectivity index (χ1) is 11.5. The van der Waals surface area contributed by atoms with Gasteiger partial charge in [-0.2, -0.15) is 0 Å². The van der Waals surface area contributed by atoms with Crippen LogP contribution in [0.25, 0.3) is 11.0 Å². The summed E-state index contributed by atoms with van der Waals surface area (Å²) in [6.07, 6.45) is 0.588. The Morgan fingerprint density at radius 1 is 1.12 bits per heavy atom. The zero-order valence-corrected chi connectivity index (χ0v) is 13.4. The maximum atomic E-state index is 10.8. The third-order valence-corrected chi connectivity index (χ3v) is 3.42. The van der Waals surface area contributed by atoms with Crippen LogP contribution in [-0.4, -0.2) is 27.1 Å². The molecule has 6 nitrogen and oxygen atoms in total. The number of nitrogens with zero attached hydrogens (tertiary/aromatic N) is 2. The van der Waals surface area contributed by atoms with Crippen LogP contribution in [0, 0.1) is 0 Å². The number of carbonyl (C=O) groups is 1. The van der Waals surface area contributed by atoms with Crippen molar-refractivity contribution in [2.24, 2.45) is 0 Å². The summed E-state index contributed by atoms with van der Waals surface area (Å²) in [6.45, 7) is 1.46. The Kier molecular flexibility index (Phi) is 4.48. The minimum Gasteiger partial charge on any atom is -0.479 e. The molecule has 1 heterocycles. The molecule has 0 saturated heterocycles. The summed E-state index contributed by atoms with van der Waals surface area (Å²) in [6, 6.07) is 11.8. The highest BCUT2D eigenvalue weighted by molar-refractivity contribution is 6.31. The number of carboxylic acid groups (broad SMARTS) is 1. The second kappa shape index (κ2) is 6.72. The van der Waals surface area contributed by atoms with Gasteiger partial charge in [-0.25, -0.2) is 14.8 Å². The van der Waals surface area contributed by atoms with Crippen molar-refractivity contribution in [1.29, 1.82) is 0 Å². The average molecular weight is 345 g/mol.